The molecule has 0 N–H and O–H groups in total. The van der Waals surface area contributed by atoms with Crippen LogP contribution in [0, 0.1) is 0 Å². The molecule has 1 saturated carbocycles. The molecule has 0 bridgehead atoms. The Balaban J connectivity index is 2.10. The molecule has 0 aromatic heterocycles. The van der Waals surface area contributed by atoms with Crippen molar-refractivity contribution in [2.24, 2.45) is 9.98 Å². The molecule has 1 aliphatic carbocycles. The molecule has 1 spiro atoms. The van der Waals surface area contributed by atoms with Gasteiger partial charge in [-0.15, -0.1) is 35.3 Å². The quantitative estimate of drug-likeness (QED) is 0.461. The second-order valence-corrected chi connectivity index (χ2v) is 10.6. The zero-order chi connectivity index (χ0) is 18.4. The van der Waals surface area contributed by atoms with E-state index in [1.54, 1.807) is 0 Å². The third-order valence-corrected chi connectivity index (χ3v) is 8.95. The molecule has 3 rings (SSSR count). The average Bonchev–Trinajstić information content (AvgIpc) is 3.00. The van der Waals surface area contributed by atoms with Gasteiger partial charge in [0, 0.05) is 14.7 Å². The molecule has 144 valence electrons. The first-order valence-corrected chi connectivity index (χ1v) is 13.2. The molecular weight excluding hydrogens is 376 g/mol. The maximum absolute atomic E-state index is 5.28. The van der Waals surface area contributed by atoms with Crippen LogP contribution in [0.1, 0.15) is 72.1 Å². The van der Waals surface area contributed by atoms with Crippen molar-refractivity contribution in [2.75, 3.05) is 17.3 Å². The van der Waals surface area contributed by atoms with Gasteiger partial charge in [-0.3, -0.25) is 9.98 Å². The minimum absolute atomic E-state index is 0.136. The van der Waals surface area contributed by atoms with Crippen LogP contribution in [0.15, 0.2) is 30.7 Å². The van der Waals surface area contributed by atoms with Crippen LogP contribution in [0.2, 0.25) is 0 Å². The van der Waals surface area contributed by atoms with Crippen molar-refractivity contribution in [3.05, 3.63) is 16.8 Å². The normalized spacial score (nSPS) is 17.8. The summed E-state index contributed by atoms with van der Waals surface area (Å²) >= 11 is 6.05. The van der Waals surface area contributed by atoms with Gasteiger partial charge in [-0.1, -0.05) is 27.2 Å². The minimum Gasteiger partial charge on any atom is -0.253 e. The largest absolute Gasteiger partial charge is 0.253 e. The van der Waals surface area contributed by atoms with Gasteiger partial charge in [0.25, 0.3) is 0 Å². The number of hydrogen-bond donors (Lipinski definition) is 0. The number of thioether (sulfide) groups is 3. The lowest BCUT2D eigenvalue weighted by molar-refractivity contribution is 0.308. The van der Waals surface area contributed by atoms with Gasteiger partial charge < -0.3 is 0 Å². The smallest absolute Gasteiger partial charge is 0.151 e. The summed E-state index contributed by atoms with van der Waals surface area (Å²) in [5.74, 6) is 3.52. The van der Waals surface area contributed by atoms with Gasteiger partial charge in [0.15, 0.2) is 5.66 Å². The number of fused-ring (bicyclic) bond motifs is 1. The molecule has 1 aromatic carbocycles. The number of hydrogen-bond acceptors (Lipinski definition) is 5. The first kappa shape index (κ1) is 20.6. The standard InChI is InChI=1S/C21H32N2S3/c1-4-12-24-17-15-16-18(23-21(22-16)10-8-7-9-11-21)20(26-14-6-3)19(17)25-13-5-2/h15H,4-14H2,1-3H3. The molecule has 1 fully saturated rings. The monoisotopic (exact) mass is 408 g/mol. The second-order valence-electron chi connectivity index (χ2n) is 7.21. The van der Waals surface area contributed by atoms with Crippen LogP contribution in [0.4, 0.5) is 0 Å². The van der Waals surface area contributed by atoms with E-state index in [1.807, 2.05) is 35.3 Å². The minimum atomic E-state index is -0.136. The molecular formula is C21H32N2S3. The fourth-order valence-electron chi connectivity index (χ4n) is 3.58. The molecule has 0 saturated heterocycles. The van der Waals surface area contributed by atoms with E-state index in [1.165, 1.54) is 75.4 Å². The van der Waals surface area contributed by atoms with Crippen molar-refractivity contribution in [3.8, 4) is 0 Å². The van der Waals surface area contributed by atoms with Crippen molar-refractivity contribution in [1.82, 2.24) is 0 Å². The zero-order valence-corrected chi connectivity index (χ0v) is 18.9. The summed E-state index contributed by atoms with van der Waals surface area (Å²) in [6, 6.07) is 2.36. The van der Waals surface area contributed by atoms with E-state index in [4.69, 9.17) is 9.98 Å². The van der Waals surface area contributed by atoms with Gasteiger partial charge in [0.05, 0.1) is 5.36 Å². The molecule has 1 aromatic rings. The molecule has 0 amide bonds. The molecule has 0 radical (unpaired) electrons. The predicted molar refractivity (Wildman–Crippen MR) is 118 cm³/mol. The Hall–Kier alpha value is -0.130. The Kier molecular flexibility index (Phi) is 7.83. The Morgan fingerprint density at radius 1 is 0.808 bits per heavy atom. The fraction of sp³-hybridized carbons (Fsp3) is 0.714. The van der Waals surface area contributed by atoms with E-state index in [0.717, 1.165) is 18.6 Å². The fourth-order valence-corrected chi connectivity index (χ4v) is 6.98. The van der Waals surface area contributed by atoms with E-state index in [2.05, 4.69) is 26.8 Å². The van der Waals surface area contributed by atoms with E-state index < -0.39 is 0 Å². The van der Waals surface area contributed by atoms with Crippen molar-refractivity contribution >= 4 is 35.3 Å². The van der Waals surface area contributed by atoms with E-state index in [9.17, 15) is 0 Å². The number of nitrogens with zero attached hydrogens (tertiary/aromatic N) is 2. The maximum atomic E-state index is 5.28. The summed E-state index contributed by atoms with van der Waals surface area (Å²) in [5, 5.41) is 2.38. The Morgan fingerprint density at radius 2 is 1.42 bits per heavy atom. The average molecular weight is 409 g/mol. The molecule has 1 aliphatic heterocycles. The Bertz CT molecular complexity index is 724. The number of rotatable bonds is 9. The first-order valence-electron chi connectivity index (χ1n) is 10.3. The highest BCUT2D eigenvalue weighted by Gasteiger charge is 2.34. The van der Waals surface area contributed by atoms with Gasteiger partial charge in [-0.25, -0.2) is 0 Å². The molecule has 26 heavy (non-hydrogen) atoms. The Labute approximate surface area is 171 Å². The highest BCUT2D eigenvalue weighted by atomic mass is 32.2. The molecule has 0 atom stereocenters. The highest BCUT2D eigenvalue weighted by Crippen LogP contribution is 2.39. The van der Waals surface area contributed by atoms with Crippen LogP contribution < -0.4 is 10.7 Å². The van der Waals surface area contributed by atoms with E-state index in [-0.39, 0.29) is 5.66 Å². The molecule has 2 aliphatic rings. The van der Waals surface area contributed by atoms with E-state index in [0.29, 0.717) is 0 Å². The summed E-state index contributed by atoms with van der Waals surface area (Å²) in [6.45, 7) is 6.81. The van der Waals surface area contributed by atoms with Gasteiger partial charge in [0.1, 0.15) is 5.36 Å². The van der Waals surface area contributed by atoms with Crippen molar-refractivity contribution in [2.45, 2.75) is 92.5 Å². The summed E-state index contributed by atoms with van der Waals surface area (Å²) < 4.78 is 0. The predicted octanol–water partition coefficient (Wildman–Crippen LogP) is 6.11. The van der Waals surface area contributed by atoms with E-state index >= 15 is 0 Å². The summed E-state index contributed by atoms with van der Waals surface area (Å²) in [4.78, 5) is 14.8. The van der Waals surface area contributed by atoms with Crippen LogP contribution in [0.5, 0.6) is 0 Å². The van der Waals surface area contributed by atoms with Gasteiger partial charge in [-0.05, 0) is 68.3 Å². The SMILES string of the molecule is CCCSc1cc2c(c(SCCC)c1SCCC)=NC1(CCCCC1)N=2. The van der Waals surface area contributed by atoms with Crippen LogP contribution in [-0.4, -0.2) is 22.9 Å². The lowest BCUT2D eigenvalue weighted by Gasteiger charge is -2.27. The topological polar surface area (TPSA) is 24.7 Å². The third-order valence-electron chi connectivity index (χ3n) is 4.82. The van der Waals surface area contributed by atoms with Crippen LogP contribution in [-0.2, 0) is 0 Å². The zero-order valence-electron chi connectivity index (χ0n) is 16.5. The molecule has 0 unspecified atom stereocenters. The summed E-state index contributed by atoms with van der Waals surface area (Å²) in [5.41, 5.74) is -0.136. The lowest BCUT2D eigenvalue weighted by Crippen LogP contribution is -2.26. The first-order chi connectivity index (χ1) is 12.7. The third kappa shape index (κ3) is 4.64. The highest BCUT2D eigenvalue weighted by molar-refractivity contribution is 8.03. The van der Waals surface area contributed by atoms with Crippen LogP contribution in [0.3, 0.4) is 0 Å². The van der Waals surface area contributed by atoms with Crippen molar-refractivity contribution < 1.29 is 0 Å². The molecule has 5 heteroatoms. The van der Waals surface area contributed by atoms with Crippen molar-refractivity contribution in [3.63, 3.8) is 0 Å². The Morgan fingerprint density at radius 3 is 2.08 bits per heavy atom. The summed E-state index contributed by atoms with van der Waals surface area (Å²) in [7, 11) is 0. The van der Waals surface area contributed by atoms with Gasteiger partial charge in [-0.2, -0.15) is 0 Å². The maximum Gasteiger partial charge on any atom is 0.151 e. The summed E-state index contributed by atoms with van der Waals surface area (Å²) in [6.07, 6.45) is 9.77. The van der Waals surface area contributed by atoms with Gasteiger partial charge in [0.2, 0.25) is 0 Å². The van der Waals surface area contributed by atoms with Crippen LogP contribution in [0.25, 0.3) is 0 Å². The molecule has 1 heterocycles. The molecule has 2 nitrogen and oxygen atoms in total. The number of benzene rings is 1. The lowest BCUT2D eigenvalue weighted by atomic mass is 9.90. The second kappa shape index (κ2) is 9.88. The van der Waals surface area contributed by atoms with Crippen molar-refractivity contribution in [1.29, 1.82) is 0 Å². The van der Waals surface area contributed by atoms with Crippen LogP contribution >= 0.6 is 35.3 Å². The van der Waals surface area contributed by atoms with Gasteiger partial charge >= 0.3 is 0 Å².